The molecule has 1 aliphatic carbocycles. The van der Waals surface area contributed by atoms with E-state index in [0.29, 0.717) is 12.8 Å². The number of carboxylic acids is 1. The average Bonchev–Trinajstić information content (AvgIpc) is 1.87. The molecule has 2 atom stereocenters. The molecule has 64 valence electrons. The van der Waals surface area contributed by atoms with E-state index in [1.807, 2.05) is 0 Å². The number of aliphatic hydroxyl groups excluding tert-OH is 2. The second-order valence-corrected chi connectivity index (χ2v) is 3.04. The molecule has 1 saturated carbocycles. The fourth-order valence-corrected chi connectivity index (χ4v) is 1.52. The summed E-state index contributed by atoms with van der Waals surface area (Å²) >= 11 is 0. The van der Waals surface area contributed by atoms with E-state index in [1.54, 1.807) is 0 Å². The topological polar surface area (TPSA) is 77.8 Å². The predicted octanol–water partition coefficient (Wildman–Crippen LogP) is -0.548. The van der Waals surface area contributed by atoms with Crippen molar-refractivity contribution in [2.24, 2.45) is 11.3 Å². The molecule has 0 spiro atoms. The maximum atomic E-state index is 10.6. The lowest BCUT2D eigenvalue weighted by molar-refractivity contribution is -0.169. The minimum absolute atomic E-state index is 0.146. The maximum Gasteiger partial charge on any atom is 0.312 e. The molecule has 0 saturated heterocycles. The monoisotopic (exact) mass is 160 g/mol. The third kappa shape index (κ3) is 1.02. The lowest BCUT2D eigenvalue weighted by Gasteiger charge is -2.43. The molecule has 0 aliphatic heterocycles. The molecule has 0 heterocycles. The molecule has 4 heteroatoms. The largest absolute Gasteiger partial charge is 0.481 e. The lowest BCUT2D eigenvalue weighted by Crippen LogP contribution is -2.51. The summed E-state index contributed by atoms with van der Waals surface area (Å²) in [6.07, 6.45) is 1.17. The SMILES string of the molecule is O=C(O)C1(CO)CCC1CO. The van der Waals surface area contributed by atoms with Crippen molar-refractivity contribution in [2.45, 2.75) is 12.8 Å². The fraction of sp³-hybridized carbons (Fsp3) is 0.857. The number of aliphatic hydroxyl groups is 2. The summed E-state index contributed by atoms with van der Waals surface area (Å²) in [5.74, 6) is -1.25. The smallest absolute Gasteiger partial charge is 0.312 e. The molecule has 0 amide bonds. The molecule has 11 heavy (non-hydrogen) atoms. The van der Waals surface area contributed by atoms with Gasteiger partial charge in [-0.1, -0.05) is 0 Å². The summed E-state index contributed by atoms with van der Waals surface area (Å²) in [7, 11) is 0. The van der Waals surface area contributed by atoms with Crippen molar-refractivity contribution in [2.75, 3.05) is 13.2 Å². The maximum absolute atomic E-state index is 10.6. The third-order valence-corrected chi connectivity index (χ3v) is 2.65. The van der Waals surface area contributed by atoms with Crippen molar-refractivity contribution in [1.29, 1.82) is 0 Å². The predicted molar refractivity (Wildman–Crippen MR) is 37.0 cm³/mol. The quantitative estimate of drug-likeness (QED) is 0.517. The van der Waals surface area contributed by atoms with Crippen LogP contribution in [0.15, 0.2) is 0 Å². The summed E-state index contributed by atoms with van der Waals surface area (Å²) in [5.41, 5.74) is -1.05. The fourth-order valence-electron chi connectivity index (χ4n) is 1.52. The standard InChI is InChI=1S/C7H12O4/c8-3-5-1-2-7(5,4-9)6(10)11/h5,8-9H,1-4H2,(H,10,11). The minimum Gasteiger partial charge on any atom is -0.481 e. The normalized spacial score (nSPS) is 36.4. The van der Waals surface area contributed by atoms with Gasteiger partial charge in [-0.25, -0.2) is 0 Å². The van der Waals surface area contributed by atoms with Gasteiger partial charge in [0.15, 0.2) is 0 Å². The first-order chi connectivity index (χ1) is 5.17. The van der Waals surface area contributed by atoms with Gasteiger partial charge in [0, 0.05) is 12.5 Å². The Bertz CT molecular complexity index is 162. The van der Waals surface area contributed by atoms with Gasteiger partial charge in [0.1, 0.15) is 0 Å². The highest BCUT2D eigenvalue weighted by Crippen LogP contribution is 2.46. The molecule has 0 radical (unpaired) electrons. The van der Waals surface area contributed by atoms with Gasteiger partial charge in [-0.05, 0) is 12.8 Å². The van der Waals surface area contributed by atoms with Crippen molar-refractivity contribution in [3.05, 3.63) is 0 Å². The molecular formula is C7H12O4. The van der Waals surface area contributed by atoms with E-state index in [9.17, 15) is 4.79 Å². The number of hydrogen-bond donors (Lipinski definition) is 3. The first-order valence-corrected chi connectivity index (χ1v) is 3.62. The zero-order valence-electron chi connectivity index (χ0n) is 6.16. The van der Waals surface area contributed by atoms with Crippen LogP contribution in [0.4, 0.5) is 0 Å². The number of aliphatic carboxylic acids is 1. The van der Waals surface area contributed by atoms with Crippen LogP contribution in [0.25, 0.3) is 0 Å². The Kier molecular flexibility index (Phi) is 2.15. The number of carbonyl (C=O) groups is 1. The van der Waals surface area contributed by atoms with Gasteiger partial charge in [0.05, 0.1) is 12.0 Å². The van der Waals surface area contributed by atoms with Crippen LogP contribution in [0, 0.1) is 11.3 Å². The van der Waals surface area contributed by atoms with E-state index in [2.05, 4.69) is 0 Å². The van der Waals surface area contributed by atoms with Crippen molar-refractivity contribution >= 4 is 5.97 Å². The van der Waals surface area contributed by atoms with Crippen LogP contribution in [0.1, 0.15) is 12.8 Å². The average molecular weight is 160 g/mol. The van der Waals surface area contributed by atoms with Crippen molar-refractivity contribution in [1.82, 2.24) is 0 Å². The van der Waals surface area contributed by atoms with Crippen LogP contribution < -0.4 is 0 Å². The van der Waals surface area contributed by atoms with E-state index in [0.717, 1.165) is 0 Å². The first kappa shape index (κ1) is 8.49. The summed E-state index contributed by atoms with van der Waals surface area (Å²) in [6, 6.07) is 0. The Morgan fingerprint density at radius 2 is 2.18 bits per heavy atom. The lowest BCUT2D eigenvalue weighted by atomic mass is 9.61. The Morgan fingerprint density at radius 1 is 1.55 bits per heavy atom. The van der Waals surface area contributed by atoms with Crippen molar-refractivity contribution in [3.8, 4) is 0 Å². The van der Waals surface area contributed by atoms with Gasteiger partial charge in [-0.3, -0.25) is 4.79 Å². The molecule has 1 fully saturated rings. The van der Waals surface area contributed by atoms with E-state index in [-0.39, 0.29) is 19.1 Å². The van der Waals surface area contributed by atoms with Crippen LogP contribution in [0.5, 0.6) is 0 Å². The van der Waals surface area contributed by atoms with Crippen LogP contribution in [0.3, 0.4) is 0 Å². The van der Waals surface area contributed by atoms with Crippen LogP contribution in [0.2, 0.25) is 0 Å². The molecule has 0 bridgehead atoms. The van der Waals surface area contributed by atoms with Gasteiger partial charge in [-0.15, -0.1) is 0 Å². The second-order valence-electron chi connectivity index (χ2n) is 3.04. The second kappa shape index (κ2) is 2.79. The molecule has 3 N–H and O–H groups in total. The zero-order chi connectivity index (χ0) is 8.48. The number of rotatable bonds is 3. The first-order valence-electron chi connectivity index (χ1n) is 3.62. The molecule has 1 aliphatic rings. The molecule has 4 nitrogen and oxygen atoms in total. The molecule has 0 aromatic carbocycles. The summed E-state index contributed by atoms with van der Waals surface area (Å²) in [5, 5.41) is 26.3. The van der Waals surface area contributed by atoms with Gasteiger partial charge in [0.2, 0.25) is 0 Å². The van der Waals surface area contributed by atoms with Crippen LogP contribution in [-0.2, 0) is 4.79 Å². The van der Waals surface area contributed by atoms with Gasteiger partial charge in [-0.2, -0.15) is 0 Å². The van der Waals surface area contributed by atoms with Crippen LogP contribution in [-0.4, -0.2) is 34.5 Å². The van der Waals surface area contributed by atoms with Gasteiger partial charge in [0.25, 0.3) is 0 Å². The van der Waals surface area contributed by atoms with E-state index >= 15 is 0 Å². The highest BCUT2D eigenvalue weighted by molar-refractivity contribution is 5.76. The summed E-state index contributed by atoms with van der Waals surface area (Å²) in [4.78, 5) is 10.6. The van der Waals surface area contributed by atoms with Crippen molar-refractivity contribution in [3.63, 3.8) is 0 Å². The highest BCUT2D eigenvalue weighted by Gasteiger charge is 2.52. The molecule has 2 unspecified atom stereocenters. The third-order valence-electron chi connectivity index (χ3n) is 2.65. The molecule has 1 rings (SSSR count). The number of carboxylic acid groups (broad SMARTS) is 1. The number of hydrogen-bond acceptors (Lipinski definition) is 3. The Morgan fingerprint density at radius 3 is 2.27 bits per heavy atom. The minimum atomic E-state index is -1.05. The molecule has 0 aromatic rings. The Labute approximate surface area is 64.5 Å². The van der Waals surface area contributed by atoms with E-state index in [4.69, 9.17) is 15.3 Å². The molecular weight excluding hydrogens is 148 g/mol. The van der Waals surface area contributed by atoms with Gasteiger partial charge < -0.3 is 15.3 Å². The van der Waals surface area contributed by atoms with E-state index < -0.39 is 11.4 Å². The highest BCUT2D eigenvalue weighted by atomic mass is 16.4. The Hall–Kier alpha value is -0.610. The summed E-state index contributed by atoms with van der Waals surface area (Å²) in [6.45, 7) is -0.513. The van der Waals surface area contributed by atoms with E-state index in [1.165, 1.54) is 0 Å². The van der Waals surface area contributed by atoms with Crippen molar-refractivity contribution < 1.29 is 20.1 Å². The van der Waals surface area contributed by atoms with Crippen LogP contribution >= 0.6 is 0 Å². The Balaban J connectivity index is 2.69. The van der Waals surface area contributed by atoms with Gasteiger partial charge >= 0.3 is 5.97 Å². The summed E-state index contributed by atoms with van der Waals surface area (Å²) < 4.78 is 0. The molecule has 0 aromatic heterocycles. The zero-order valence-corrected chi connectivity index (χ0v) is 6.16.